The number of hydrogen-bond donors (Lipinski definition) is 1. The number of thioether (sulfide) groups is 1. The molecule has 1 unspecified atom stereocenters. The third kappa shape index (κ3) is 5.02. The molecule has 1 aromatic rings. The molecule has 1 heterocycles. The lowest BCUT2D eigenvalue weighted by molar-refractivity contribution is -0.388. The Bertz CT molecular complexity index is 428. The number of rotatable bonds is 8. The van der Waals surface area contributed by atoms with E-state index in [1.165, 1.54) is 18.0 Å². The summed E-state index contributed by atoms with van der Waals surface area (Å²) in [5.41, 5.74) is -0.0182. The summed E-state index contributed by atoms with van der Waals surface area (Å²) in [5.74, 6) is 1.78. The van der Waals surface area contributed by atoms with Gasteiger partial charge in [-0.3, -0.25) is 10.1 Å². The normalized spacial score (nSPS) is 12.2. The van der Waals surface area contributed by atoms with E-state index >= 15 is 0 Å². The van der Waals surface area contributed by atoms with Gasteiger partial charge in [0.2, 0.25) is 5.95 Å². The maximum absolute atomic E-state index is 11.0. The van der Waals surface area contributed by atoms with Crippen LogP contribution >= 0.6 is 11.8 Å². The maximum atomic E-state index is 11.0. The molecule has 0 saturated carbocycles. The van der Waals surface area contributed by atoms with E-state index in [1.807, 2.05) is 6.92 Å². The second kappa shape index (κ2) is 7.93. The van der Waals surface area contributed by atoms with Crippen LogP contribution in [0.15, 0.2) is 11.2 Å². The molecular formula is C12H20N4O2S. The molecule has 1 N–H and O–H groups in total. The lowest BCUT2D eigenvalue weighted by Gasteiger charge is -2.08. The molecule has 0 aromatic carbocycles. The second-order valence-electron chi connectivity index (χ2n) is 4.39. The van der Waals surface area contributed by atoms with E-state index in [2.05, 4.69) is 29.1 Å². The zero-order valence-electron chi connectivity index (χ0n) is 11.5. The topological polar surface area (TPSA) is 81.0 Å². The van der Waals surface area contributed by atoms with Crippen LogP contribution in [-0.2, 0) is 0 Å². The molecule has 1 rings (SSSR count). The summed E-state index contributed by atoms with van der Waals surface area (Å²) in [6.07, 6.45) is 3.28. The predicted octanol–water partition coefficient (Wildman–Crippen LogP) is 3.34. The molecule has 7 heteroatoms. The fraction of sp³-hybridized carbons (Fsp3) is 0.667. The predicted molar refractivity (Wildman–Crippen MR) is 77.6 cm³/mol. The van der Waals surface area contributed by atoms with Gasteiger partial charge in [-0.25, -0.2) is 4.98 Å². The molecule has 1 atom stereocenters. The third-order valence-electron chi connectivity index (χ3n) is 2.67. The van der Waals surface area contributed by atoms with Crippen molar-refractivity contribution in [2.24, 2.45) is 5.92 Å². The van der Waals surface area contributed by atoms with E-state index in [9.17, 15) is 10.1 Å². The highest BCUT2D eigenvalue weighted by Crippen LogP contribution is 2.29. The lowest BCUT2D eigenvalue weighted by atomic mass is 10.2. The quantitative estimate of drug-likeness (QED) is 0.341. The monoisotopic (exact) mass is 284 g/mol. The molecule has 1 aromatic heterocycles. The average Bonchev–Trinajstić information content (AvgIpc) is 2.42. The van der Waals surface area contributed by atoms with Gasteiger partial charge in [0.25, 0.3) is 0 Å². The van der Waals surface area contributed by atoms with Gasteiger partial charge in [0.05, 0.1) is 4.92 Å². The van der Waals surface area contributed by atoms with Crippen LogP contribution in [0.2, 0.25) is 0 Å². The summed E-state index contributed by atoms with van der Waals surface area (Å²) < 4.78 is 0. The highest BCUT2D eigenvalue weighted by Gasteiger charge is 2.18. The standard InChI is InChI=1S/C12H20N4O2S/c1-4-6-13-12-14-7-10(16(17)18)11(15-12)19-8-9(3)5-2/h7,9H,4-6,8H2,1-3H3,(H,13,14,15). The van der Waals surface area contributed by atoms with Gasteiger partial charge < -0.3 is 5.32 Å². The molecule has 106 valence electrons. The van der Waals surface area contributed by atoms with Gasteiger partial charge in [0.15, 0.2) is 5.03 Å². The van der Waals surface area contributed by atoms with Gasteiger partial charge in [-0.1, -0.05) is 39.0 Å². The van der Waals surface area contributed by atoms with Crippen LogP contribution in [0.4, 0.5) is 11.6 Å². The molecule has 0 saturated heterocycles. The molecule has 0 spiro atoms. The Morgan fingerprint density at radius 1 is 1.53 bits per heavy atom. The Balaban J connectivity index is 2.85. The van der Waals surface area contributed by atoms with Crippen molar-refractivity contribution in [2.75, 3.05) is 17.6 Å². The first-order valence-electron chi connectivity index (χ1n) is 6.46. The van der Waals surface area contributed by atoms with Crippen LogP contribution in [0.1, 0.15) is 33.6 Å². The summed E-state index contributed by atoms with van der Waals surface area (Å²) in [6.45, 7) is 7.02. The number of nitro groups is 1. The summed E-state index contributed by atoms with van der Waals surface area (Å²) >= 11 is 1.42. The first kappa shape index (κ1) is 15.7. The fourth-order valence-electron chi connectivity index (χ4n) is 1.25. The number of hydrogen-bond acceptors (Lipinski definition) is 6. The Morgan fingerprint density at radius 3 is 2.84 bits per heavy atom. The smallest absolute Gasteiger partial charge is 0.319 e. The first-order valence-corrected chi connectivity index (χ1v) is 7.45. The molecule has 0 amide bonds. The number of aromatic nitrogens is 2. The van der Waals surface area contributed by atoms with Crippen molar-refractivity contribution in [1.82, 2.24) is 9.97 Å². The highest BCUT2D eigenvalue weighted by molar-refractivity contribution is 7.99. The minimum Gasteiger partial charge on any atom is -0.354 e. The minimum atomic E-state index is -0.428. The number of nitrogens with one attached hydrogen (secondary N) is 1. The SMILES string of the molecule is CCCNc1ncc([N+](=O)[O-])c(SCC(C)CC)n1. The van der Waals surface area contributed by atoms with E-state index in [4.69, 9.17) is 0 Å². The Hall–Kier alpha value is -1.37. The van der Waals surface area contributed by atoms with Crippen molar-refractivity contribution in [3.63, 3.8) is 0 Å². The van der Waals surface area contributed by atoms with Gasteiger partial charge in [0, 0.05) is 12.3 Å². The summed E-state index contributed by atoms with van der Waals surface area (Å²) in [5, 5.41) is 14.4. The Kier molecular flexibility index (Phi) is 6.55. The van der Waals surface area contributed by atoms with Crippen molar-refractivity contribution < 1.29 is 4.92 Å². The zero-order valence-corrected chi connectivity index (χ0v) is 12.4. The van der Waals surface area contributed by atoms with Gasteiger partial charge >= 0.3 is 5.69 Å². The average molecular weight is 284 g/mol. The van der Waals surface area contributed by atoms with Crippen LogP contribution in [0, 0.1) is 16.0 Å². The molecule has 0 aliphatic heterocycles. The zero-order chi connectivity index (χ0) is 14.3. The van der Waals surface area contributed by atoms with Gasteiger partial charge in [-0.05, 0) is 12.3 Å². The molecule has 0 aliphatic rings. The van der Waals surface area contributed by atoms with Gasteiger partial charge in [0.1, 0.15) is 6.20 Å². The maximum Gasteiger partial charge on any atom is 0.319 e. The van der Waals surface area contributed by atoms with Crippen LogP contribution in [0.3, 0.4) is 0 Å². The van der Waals surface area contributed by atoms with Gasteiger partial charge in [-0.2, -0.15) is 4.98 Å². The van der Waals surface area contributed by atoms with Gasteiger partial charge in [-0.15, -0.1) is 0 Å². The molecule has 0 bridgehead atoms. The number of nitrogens with zero attached hydrogens (tertiary/aromatic N) is 3. The Morgan fingerprint density at radius 2 is 2.26 bits per heavy atom. The van der Waals surface area contributed by atoms with Crippen molar-refractivity contribution in [3.05, 3.63) is 16.3 Å². The number of anilines is 1. The van der Waals surface area contributed by atoms with Crippen LogP contribution in [0.25, 0.3) is 0 Å². The molecule has 6 nitrogen and oxygen atoms in total. The largest absolute Gasteiger partial charge is 0.354 e. The fourth-order valence-corrected chi connectivity index (χ4v) is 2.36. The van der Waals surface area contributed by atoms with Crippen molar-refractivity contribution in [3.8, 4) is 0 Å². The molecule has 0 aliphatic carbocycles. The van der Waals surface area contributed by atoms with E-state index in [-0.39, 0.29) is 5.69 Å². The molecule has 0 radical (unpaired) electrons. The van der Waals surface area contributed by atoms with Crippen molar-refractivity contribution in [2.45, 2.75) is 38.6 Å². The van der Waals surface area contributed by atoms with E-state index in [0.717, 1.165) is 25.1 Å². The summed E-state index contributed by atoms with van der Waals surface area (Å²) in [4.78, 5) is 18.7. The van der Waals surface area contributed by atoms with Crippen LogP contribution < -0.4 is 5.32 Å². The molecular weight excluding hydrogens is 264 g/mol. The van der Waals surface area contributed by atoms with E-state index < -0.39 is 4.92 Å². The first-order chi connectivity index (χ1) is 9.08. The highest BCUT2D eigenvalue weighted by atomic mass is 32.2. The summed E-state index contributed by atoms with van der Waals surface area (Å²) in [6, 6.07) is 0. The third-order valence-corrected chi connectivity index (χ3v) is 3.98. The Labute approximate surface area is 117 Å². The van der Waals surface area contributed by atoms with E-state index in [1.54, 1.807) is 0 Å². The lowest BCUT2D eigenvalue weighted by Crippen LogP contribution is -2.06. The summed E-state index contributed by atoms with van der Waals surface area (Å²) in [7, 11) is 0. The second-order valence-corrected chi connectivity index (χ2v) is 5.40. The van der Waals surface area contributed by atoms with Crippen LogP contribution in [-0.4, -0.2) is 27.2 Å². The van der Waals surface area contributed by atoms with E-state index in [0.29, 0.717) is 16.9 Å². The van der Waals surface area contributed by atoms with Crippen LogP contribution in [0.5, 0.6) is 0 Å². The molecule has 0 fully saturated rings. The van der Waals surface area contributed by atoms with Crippen molar-refractivity contribution in [1.29, 1.82) is 0 Å². The minimum absolute atomic E-state index is 0.0182. The molecule has 19 heavy (non-hydrogen) atoms. The van der Waals surface area contributed by atoms with Crippen molar-refractivity contribution >= 4 is 23.4 Å².